The zero-order valence-corrected chi connectivity index (χ0v) is 16.2. The molecule has 0 atom stereocenters. The molecule has 6 nitrogen and oxygen atoms in total. The summed E-state index contributed by atoms with van der Waals surface area (Å²) in [6.07, 6.45) is 5.65. The second kappa shape index (κ2) is 7.29. The molecule has 0 saturated heterocycles. The lowest BCUT2D eigenvalue weighted by atomic mass is 10.0. The van der Waals surface area contributed by atoms with Gasteiger partial charge in [0.25, 0.3) is 0 Å². The van der Waals surface area contributed by atoms with Crippen LogP contribution in [0.5, 0.6) is 0 Å². The van der Waals surface area contributed by atoms with E-state index in [1.807, 2.05) is 13.0 Å². The van der Waals surface area contributed by atoms with Crippen molar-refractivity contribution >= 4 is 17.2 Å². The van der Waals surface area contributed by atoms with Crippen molar-refractivity contribution in [1.29, 1.82) is 0 Å². The molecule has 5 rings (SSSR count). The van der Waals surface area contributed by atoms with Gasteiger partial charge in [0.15, 0.2) is 11.5 Å². The Hall–Kier alpha value is -3.68. The topological polar surface area (TPSA) is 68.0 Å². The minimum Gasteiger partial charge on any atom is -0.354 e. The van der Waals surface area contributed by atoms with Gasteiger partial charge < -0.3 is 5.32 Å². The minimum atomic E-state index is -0.450. The average Bonchev–Trinajstić information content (AvgIpc) is 3.33. The van der Waals surface area contributed by atoms with E-state index in [4.69, 9.17) is 0 Å². The lowest BCUT2D eigenvalue weighted by molar-refractivity contribution is 0.614. The molecule has 3 heterocycles. The summed E-state index contributed by atoms with van der Waals surface area (Å²) in [5.74, 6) is 0.256. The fraction of sp³-hybridized carbons (Fsp3) is 0.182. The van der Waals surface area contributed by atoms with Crippen molar-refractivity contribution in [1.82, 2.24) is 24.6 Å². The van der Waals surface area contributed by atoms with Gasteiger partial charge in [-0.05, 0) is 48.6 Å². The van der Waals surface area contributed by atoms with Gasteiger partial charge in [-0.1, -0.05) is 17.7 Å². The Balaban J connectivity index is 1.41. The van der Waals surface area contributed by atoms with Crippen molar-refractivity contribution in [2.45, 2.75) is 19.8 Å². The second-order valence-corrected chi connectivity index (χ2v) is 7.24. The number of pyridine rings is 1. The van der Waals surface area contributed by atoms with Gasteiger partial charge in [-0.2, -0.15) is 14.6 Å². The predicted octanol–water partition coefficient (Wildman–Crippen LogP) is 4.30. The first-order valence-electron chi connectivity index (χ1n) is 9.63. The Kier molecular flexibility index (Phi) is 4.46. The Morgan fingerprint density at radius 2 is 2.03 bits per heavy atom. The van der Waals surface area contributed by atoms with E-state index >= 15 is 0 Å². The number of nitrogens with zero attached hydrogens (tertiary/aromatic N) is 5. The standard InChI is InChI=1S/C22H18F2N6/c1-13-9-18-17(3-2-4-19(18)24)16(13)5-7-26-22-29-21(14-10-15(23)12-25-11-14)28-20-6-8-27-30(20)22/h2-4,6,8,10-12H,5,7,9H2,1H3,(H,26,28,29). The highest BCUT2D eigenvalue weighted by Gasteiger charge is 2.21. The molecular formula is C22H18F2N6. The molecule has 1 aliphatic carbocycles. The number of anilines is 1. The number of hydrogen-bond acceptors (Lipinski definition) is 5. The second-order valence-electron chi connectivity index (χ2n) is 7.24. The highest BCUT2D eigenvalue weighted by molar-refractivity contribution is 5.76. The van der Waals surface area contributed by atoms with Crippen molar-refractivity contribution in [3.63, 3.8) is 0 Å². The van der Waals surface area contributed by atoms with E-state index in [9.17, 15) is 8.78 Å². The summed E-state index contributed by atoms with van der Waals surface area (Å²) >= 11 is 0. The van der Waals surface area contributed by atoms with Crippen LogP contribution in [0.1, 0.15) is 24.5 Å². The molecule has 1 N–H and O–H groups in total. The molecule has 150 valence electrons. The maximum atomic E-state index is 14.1. The number of halogens is 2. The van der Waals surface area contributed by atoms with Gasteiger partial charge in [0.1, 0.15) is 11.6 Å². The van der Waals surface area contributed by atoms with Crippen molar-refractivity contribution in [3.8, 4) is 11.4 Å². The zero-order chi connectivity index (χ0) is 20.7. The molecular weight excluding hydrogens is 386 g/mol. The summed E-state index contributed by atoms with van der Waals surface area (Å²) in [5, 5.41) is 7.56. The smallest absolute Gasteiger partial charge is 0.227 e. The van der Waals surface area contributed by atoms with Crippen LogP contribution in [0, 0.1) is 11.6 Å². The molecule has 0 aliphatic heterocycles. The molecule has 0 unspecified atom stereocenters. The summed E-state index contributed by atoms with van der Waals surface area (Å²) in [6, 6.07) is 8.32. The molecule has 0 bridgehead atoms. The normalized spacial score (nSPS) is 13.2. The van der Waals surface area contributed by atoms with Crippen molar-refractivity contribution in [2.75, 3.05) is 11.9 Å². The molecule has 0 amide bonds. The first-order valence-corrected chi connectivity index (χ1v) is 9.63. The van der Waals surface area contributed by atoms with Crippen LogP contribution < -0.4 is 5.32 Å². The predicted molar refractivity (Wildman–Crippen MR) is 110 cm³/mol. The van der Waals surface area contributed by atoms with Crippen LogP contribution in [-0.2, 0) is 6.42 Å². The van der Waals surface area contributed by atoms with E-state index in [1.54, 1.807) is 22.8 Å². The van der Waals surface area contributed by atoms with Gasteiger partial charge in [0.05, 0.1) is 12.4 Å². The monoisotopic (exact) mass is 404 g/mol. The number of hydrogen-bond donors (Lipinski definition) is 1. The number of fused-ring (bicyclic) bond motifs is 2. The Bertz CT molecular complexity index is 1290. The van der Waals surface area contributed by atoms with Gasteiger partial charge in [-0.15, -0.1) is 0 Å². The molecule has 1 aromatic carbocycles. The Morgan fingerprint density at radius 3 is 2.90 bits per heavy atom. The molecule has 0 spiro atoms. The fourth-order valence-corrected chi connectivity index (χ4v) is 3.87. The summed E-state index contributed by atoms with van der Waals surface area (Å²) in [7, 11) is 0. The molecule has 8 heteroatoms. The number of rotatable bonds is 5. The molecule has 3 aromatic heterocycles. The van der Waals surface area contributed by atoms with Gasteiger partial charge in [0.2, 0.25) is 5.95 Å². The van der Waals surface area contributed by atoms with Gasteiger partial charge in [-0.25, -0.2) is 13.8 Å². The highest BCUT2D eigenvalue weighted by Crippen LogP contribution is 2.36. The number of allylic oxidation sites excluding steroid dienone is 1. The lowest BCUT2D eigenvalue weighted by Gasteiger charge is -2.11. The first-order chi connectivity index (χ1) is 14.6. The lowest BCUT2D eigenvalue weighted by Crippen LogP contribution is -2.11. The summed E-state index contributed by atoms with van der Waals surface area (Å²) in [5.41, 5.74) is 5.15. The van der Waals surface area contributed by atoms with E-state index in [2.05, 4.69) is 25.4 Å². The molecule has 0 fully saturated rings. The van der Waals surface area contributed by atoms with Crippen LogP contribution >= 0.6 is 0 Å². The first kappa shape index (κ1) is 18.4. The zero-order valence-electron chi connectivity index (χ0n) is 16.2. The van der Waals surface area contributed by atoms with Crippen LogP contribution in [0.3, 0.4) is 0 Å². The van der Waals surface area contributed by atoms with Crippen LogP contribution in [0.15, 0.2) is 54.5 Å². The van der Waals surface area contributed by atoms with Crippen LogP contribution in [0.4, 0.5) is 14.7 Å². The van der Waals surface area contributed by atoms with Crippen LogP contribution in [-0.4, -0.2) is 31.1 Å². The fourth-order valence-electron chi connectivity index (χ4n) is 3.87. The maximum Gasteiger partial charge on any atom is 0.227 e. The largest absolute Gasteiger partial charge is 0.354 e. The Morgan fingerprint density at radius 1 is 1.13 bits per heavy atom. The van der Waals surface area contributed by atoms with E-state index < -0.39 is 5.82 Å². The van der Waals surface area contributed by atoms with Crippen LogP contribution in [0.25, 0.3) is 22.6 Å². The SMILES string of the molecule is CC1=C(CCNc2nc(-c3cncc(F)c3)nc3ccnn23)c2cccc(F)c2C1. The van der Waals surface area contributed by atoms with Crippen LogP contribution in [0.2, 0.25) is 0 Å². The summed E-state index contributed by atoms with van der Waals surface area (Å²) in [6.45, 7) is 2.62. The van der Waals surface area contributed by atoms with Gasteiger partial charge >= 0.3 is 0 Å². The Labute approximate surface area is 171 Å². The van der Waals surface area contributed by atoms with Crippen molar-refractivity contribution in [2.24, 2.45) is 0 Å². The quantitative estimate of drug-likeness (QED) is 0.537. The molecule has 30 heavy (non-hydrogen) atoms. The van der Waals surface area contributed by atoms with E-state index in [0.29, 0.717) is 42.4 Å². The number of aromatic nitrogens is 5. The molecule has 0 saturated carbocycles. The average molecular weight is 404 g/mol. The third-order valence-corrected chi connectivity index (χ3v) is 5.28. The molecule has 4 aromatic rings. The highest BCUT2D eigenvalue weighted by atomic mass is 19.1. The van der Waals surface area contributed by atoms with E-state index in [1.165, 1.54) is 23.9 Å². The molecule has 1 aliphatic rings. The minimum absolute atomic E-state index is 0.155. The number of benzene rings is 1. The van der Waals surface area contributed by atoms with Crippen molar-refractivity contribution in [3.05, 3.63) is 77.3 Å². The van der Waals surface area contributed by atoms with E-state index in [-0.39, 0.29) is 5.82 Å². The number of nitrogens with one attached hydrogen (secondary N) is 1. The molecule has 0 radical (unpaired) electrons. The van der Waals surface area contributed by atoms with Gasteiger partial charge in [0, 0.05) is 24.4 Å². The maximum absolute atomic E-state index is 14.1. The van der Waals surface area contributed by atoms with E-state index in [0.717, 1.165) is 22.9 Å². The third kappa shape index (κ3) is 3.20. The van der Waals surface area contributed by atoms with Gasteiger partial charge in [-0.3, -0.25) is 4.98 Å². The van der Waals surface area contributed by atoms with Crippen molar-refractivity contribution < 1.29 is 8.78 Å². The summed E-state index contributed by atoms with van der Waals surface area (Å²) < 4.78 is 29.3. The third-order valence-electron chi connectivity index (χ3n) is 5.28. The summed E-state index contributed by atoms with van der Waals surface area (Å²) in [4.78, 5) is 12.8.